The van der Waals surface area contributed by atoms with Crippen molar-refractivity contribution in [1.29, 1.82) is 0 Å². The molecule has 5 nitrogen and oxygen atoms in total. The molecule has 1 aliphatic rings. The Morgan fingerprint density at radius 2 is 1.91 bits per heavy atom. The lowest BCUT2D eigenvalue weighted by molar-refractivity contribution is -0.131. The molecule has 3 rings (SSSR count). The largest absolute Gasteiger partial charge is 0.340 e. The summed E-state index contributed by atoms with van der Waals surface area (Å²) >= 11 is 2.80. The molecule has 0 bridgehead atoms. The van der Waals surface area contributed by atoms with Gasteiger partial charge >= 0.3 is 0 Å². The second kappa shape index (κ2) is 6.49. The first kappa shape index (κ1) is 15.7. The van der Waals surface area contributed by atoms with Gasteiger partial charge in [0.1, 0.15) is 4.21 Å². The molecule has 1 amide bonds. The fraction of sp³-hybridized carbons (Fsp3) is 0.357. The molecular formula is C14H16N2O3S3. The molecule has 0 saturated carbocycles. The molecule has 2 aromatic heterocycles. The van der Waals surface area contributed by atoms with E-state index in [1.807, 2.05) is 16.8 Å². The van der Waals surface area contributed by atoms with E-state index in [1.54, 1.807) is 33.7 Å². The first-order valence-electron chi connectivity index (χ1n) is 6.90. The Balaban J connectivity index is 1.60. The summed E-state index contributed by atoms with van der Waals surface area (Å²) in [5.41, 5.74) is 1.02. The van der Waals surface area contributed by atoms with E-state index in [0.717, 1.165) is 5.56 Å². The van der Waals surface area contributed by atoms with Gasteiger partial charge in [0.25, 0.3) is 10.0 Å². The summed E-state index contributed by atoms with van der Waals surface area (Å²) in [6.07, 6.45) is 0.390. The van der Waals surface area contributed by atoms with Gasteiger partial charge in [-0.25, -0.2) is 8.42 Å². The van der Waals surface area contributed by atoms with E-state index in [-0.39, 0.29) is 5.91 Å². The molecule has 22 heavy (non-hydrogen) atoms. The average molecular weight is 356 g/mol. The highest BCUT2D eigenvalue weighted by atomic mass is 32.2. The molecule has 2 aromatic rings. The van der Waals surface area contributed by atoms with Crippen molar-refractivity contribution in [3.05, 3.63) is 39.9 Å². The van der Waals surface area contributed by atoms with Gasteiger partial charge in [0.15, 0.2) is 0 Å². The smallest absolute Gasteiger partial charge is 0.252 e. The Morgan fingerprint density at radius 3 is 2.50 bits per heavy atom. The van der Waals surface area contributed by atoms with E-state index in [9.17, 15) is 13.2 Å². The lowest BCUT2D eigenvalue weighted by Crippen LogP contribution is -2.50. The Labute approximate surface area is 137 Å². The summed E-state index contributed by atoms with van der Waals surface area (Å²) in [5.74, 6) is 0.0616. The number of sulfonamides is 1. The van der Waals surface area contributed by atoms with Crippen molar-refractivity contribution in [1.82, 2.24) is 9.21 Å². The molecule has 0 atom stereocenters. The number of carbonyl (C=O) groups is 1. The Morgan fingerprint density at radius 1 is 1.14 bits per heavy atom. The predicted molar refractivity (Wildman–Crippen MR) is 87.7 cm³/mol. The minimum Gasteiger partial charge on any atom is -0.340 e. The molecule has 0 aromatic carbocycles. The quantitative estimate of drug-likeness (QED) is 0.840. The van der Waals surface area contributed by atoms with Crippen LogP contribution in [0, 0.1) is 0 Å². The summed E-state index contributed by atoms with van der Waals surface area (Å²) in [6.45, 7) is 1.62. The molecule has 0 unspecified atom stereocenters. The fourth-order valence-corrected chi connectivity index (χ4v) is 5.63. The maximum atomic E-state index is 12.4. The number of amides is 1. The van der Waals surface area contributed by atoms with Crippen molar-refractivity contribution in [3.8, 4) is 0 Å². The van der Waals surface area contributed by atoms with E-state index >= 15 is 0 Å². The molecule has 1 aliphatic heterocycles. The second-order valence-corrected chi connectivity index (χ2v) is 8.92. The van der Waals surface area contributed by atoms with Gasteiger partial charge in [0.05, 0.1) is 6.42 Å². The molecule has 8 heteroatoms. The lowest BCUT2D eigenvalue weighted by atomic mass is 10.2. The minimum absolute atomic E-state index is 0.0616. The van der Waals surface area contributed by atoms with Gasteiger partial charge in [-0.1, -0.05) is 6.07 Å². The summed E-state index contributed by atoms with van der Waals surface area (Å²) < 4.78 is 26.7. The van der Waals surface area contributed by atoms with Gasteiger partial charge < -0.3 is 4.90 Å². The molecule has 0 spiro atoms. The first-order chi connectivity index (χ1) is 10.6. The van der Waals surface area contributed by atoms with E-state index < -0.39 is 10.0 Å². The summed E-state index contributed by atoms with van der Waals surface area (Å²) in [4.78, 5) is 14.0. The van der Waals surface area contributed by atoms with E-state index in [4.69, 9.17) is 0 Å². The van der Waals surface area contributed by atoms with Crippen molar-refractivity contribution in [2.24, 2.45) is 0 Å². The molecule has 1 fully saturated rings. The number of nitrogens with zero attached hydrogens (tertiary/aromatic N) is 2. The molecule has 0 N–H and O–H groups in total. The zero-order chi connectivity index (χ0) is 15.6. The predicted octanol–water partition coefficient (Wildman–Crippen LogP) is 1.89. The number of hydrogen-bond donors (Lipinski definition) is 0. The van der Waals surface area contributed by atoms with Crippen molar-refractivity contribution in [3.63, 3.8) is 0 Å². The van der Waals surface area contributed by atoms with Crippen LogP contribution in [0.4, 0.5) is 0 Å². The van der Waals surface area contributed by atoms with Gasteiger partial charge in [0, 0.05) is 26.2 Å². The van der Waals surface area contributed by atoms with Crippen molar-refractivity contribution < 1.29 is 13.2 Å². The number of rotatable bonds is 4. The maximum absolute atomic E-state index is 12.4. The van der Waals surface area contributed by atoms with Crippen LogP contribution in [0.5, 0.6) is 0 Å². The third-order valence-electron chi connectivity index (χ3n) is 3.62. The van der Waals surface area contributed by atoms with Crippen LogP contribution in [0.1, 0.15) is 5.56 Å². The van der Waals surface area contributed by atoms with Crippen LogP contribution in [0.3, 0.4) is 0 Å². The fourth-order valence-electron chi connectivity index (χ4n) is 2.40. The second-order valence-electron chi connectivity index (χ2n) is 5.03. The first-order valence-corrected chi connectivity index (χ1v) is 10.2. The van der Waals surface area contributed by atoms with Crippen LogP contribution >= 0.6 is 22.7 Å². The van der Waals surface area contributed by atoms with Crippen LogP contribution < -0.4 is 0 Å². The zero-order valence-corrected chi connectivity index (χ0v) is 14.3. The highest BCUT2D eigenvalue weighted by Gasteiger charge is 2.30. The average Bonchev–Trinajstić information content (AvgIpc) is 3.21. The number of carbonyl (C=O) groups excluding carboxylic acids is 1. The minimum atomic E-state index is -3.40. The molecule has 1 saturated heterocycles. The Kier molecular flexibility index (Phi) is 4.62. The number of thiophene rings is 2. The van der Waals surface area contributed by atoms with Crippen molar-refractivity contribution in [2.45, 2.75) is 10.6 Å². The maximum Gasteiger partial charge on any atom is 0.252 e. The van der Waals surface area contributed by atoms with Crippen LogP contribution in [0.25, 0.3) is 0 Å². The van der Waals surface area contributed by atoms with Crippen molar-refractivity contribution in [2.75, 3.05) is 26.2 Å². The lowest BCUT2D eigenvalue weighted by Gasteiger charge is -2.33. The topological polar surface area (TPSA) is 57.7 Å². The van der Waals surface area contributed by atoms with E-state index in [0.29, 0.717) is 36.8 Å². The SMILES string of the molecule is O=C(Cc1ccsc1)N1CCN(S(=O)(=O)c2cccs2)CC1. The molecular weight excluding hydrogens is 340 g/mol. The van der Waals surface area contributed by atoms with Crippen LogP contribution in [-0.2, 0) is 21.2 Å². The van der Waals surface area contributed by atoms with Crippen molar-refractivity contribution >= 4 is 38.6 Å². The third kappa shape index (κ3) is 3.24. The van der Waals surface area contributed by atoms with E-state index in [1.165, 1.54) is 15.6 Å². The zero-order valence-electron chi connectivity index (χ0n) is 11.8. The Bertz CT molecular complexity index is 715. The summed E-state index contributed by atoms with van der Waals surface area (Å²) in [5, 5.41) is 5.68. The normalized spacial score (nSPS) is 16.8. The monoisotopic (exact) mass is 356 g/mol. The van der Waals surface area contributed by atoms with Gasteiger partial charge in [-0.3, -0.25) is 4.79 Å². The van der Waals surface area contributed by atoms with Gasteiger partial charge in [-0.15, -0.1) is 11.3 Å². The van der Waals surface area contributed by atoms with Crippen LogP contribution in [0.2, 0.25) is 0 Å². The summed E-state index contributed by atoms with van der Waals surface area (Å²) in [6, 6.07) is 5.30. The Hall–Kier alpha value is -1.22. The van der Waals surface area contributed by atoms with Crippen LogP contribution in [0.15, 0.2) is 38.5 Å². The van der Waals surface area contributed by atoms with Gasteiger partial charge in [-0.2, -0.15) is 15.6 Å². The molecule has 3 heterocycles. The highest BCUT2D eigenvalue weighted by molar-refractivity contribution is 7.91. The standard InChI is InChI=1S/C14H16N2O3S3/c17-13(10-12-3-9-20-11-12)15-4-6-16(7-5-15)22(18,19)14-2-1-8-21-14/h1-3,8-9,11H,4-7,10H2. The van der Waals surface area contributed by atoms with Crippen LogP contribution in [-0.4, -0.2) is 49.7 Å². The molecule has 0 radical (unpaired) electrons. The molecule has 118 valence electrons. The number of piperazine rings is 1. The number of hydrogen-bond acceptors (Lipinski definition) is 5. The van der Waals surface area contributed by atoms with Gasteiger partial charge in [0.2, 0.25) is 5.91 Å². The summed E-state index contributed by atoms with van der Waals surface area (Å²) in [7, 11) is -3.40. The van der Waals surface area contributed by atoms with Gasteiger partial charge in [-0.05, 0) is 33.8 Å². The van der Waals surface area contributed by atoms with E-state index in [2.05, 4.69) is 0 Å². The molecule has 0 aliphatic carbocycles. The third-order valence-corrected chi connectivity index (χ3v) is 7.62. The highest BCUT2D eigenvalue weighted by Crippen LogP contribution is 2.22.